The van der Waals surface area contributed by atoms with E-state index in [-0.39, 0.29) is 5.69 Å². The van der Waals surface area contributed by atoms with Crippen molar-refractivity contribution in [3.8, 4) is 0 Å². The van der Waals surface area contributed by atoms with Crippen molar-refractivity contribution < 1.29 is 23.1 Å². The van der Waals surface area contributed by atoms with Gasteiger partial charge in [-0.1, -0.05) is 6.08 Å². The second kappa shape index (κ2) is 5.57. The standard InChI is InChI=1S/C12H12F3NO2/c1-2-3-6-16-8-4-5-9(11(17)18)10(7-8)12(13,14)15/h2,4-5,7,16H,1,3,6H2,(H,17,18). The smallest absolute Gasteiger partial charge is 0.417 e. The molecule has 3 nitrogen and oxygen atoms in total. The highest BCUT2D eigenvalue weighted by atomic mass is 19.4. The summed E-state index contributed by atoms with van der Waals surface area (Å²) in [5, 5.41) is 11.5. The van der Waals surface area contributed by atoms with E-state index < -0.39 is 23.3 Å². The van der Waals surface area contributed by atoms with Crippen LogP contribution in [-0.4, -0.2) is 17.6 Å². The predicted molar refractivity (Wildman–Crippen MR) is 61.7 cm³/mol. The molecular weight excluding hydrogens is 247 g/mol. The number of alkyl halides is 3. The number of nitrogens with one attached hydrogen (secondary N) is 1. The fourth-order valence-corrected chi connectivity index (χ4v) is 1.39. The van der Waals surface area contributed by atoms with Gasteiger partial charge in [0, 0.05) is 12.2 Å². The van der Waals surface area contributed by atoms with Crippen molar-refractivity contribution in [2.24, 2.45) is 0 Å². The number of aromatic carboxylic acids is 1. The Balaban J connectivity index is 3.06. The highest BCUT2D eigenvalue weighted by Crippen LogP contribution is 2.33. The van der Waals surface area contributed by atoms with Crippen LogP contribution in [0.5, 0.6) is 0 Å². The van der Waals surface area contributed by atoms with Crippen LogP contribution < -0.4 is 5.32 Å². The minimum absolute atomic E-state index is 0.231. The summed E-state index contributed by atoms with van der Waals surface area (Å²) in [6, 6.07) is 3.05. The Kier molecular flexibility index (Phi) is 4.36. The van der Waals surface area contributed by atoms with E-state index >= 15 is 0 Å². The van der Waals surface area contributed by atoms with Crippen molar-refractivity contribution in [2.75, 3.05) is 11.9 Å². The third-order valence-corrected chi connectivity index (χ3v) is 2.23. The van der Waals surface area contributed by atoms with E-state index in [4.69, 9.17) is 5.11 Å². The number of hydrogen-bond donors (Lipinski definition) is 2. The fourth-order valence-electron chi connectivity index (χ4n) is 1.39. The first-order chi connectivity index (χ1) is 8.36. The zero-order valence-corrected chi connectivity index (χ0v) is 9.42. The molecule has 1 rings (SSSR count). The molecule has 0 heterocycles. The van der Waals surface area contributed by atoms with E-state index in [1.165, 1.54) is 6.07 Å². The van der Waals surface area contributed by atoms with Crippen molar-refractivity contribution in [1.82, 2.24) is 0 Å². The SMILES string of the molecule is C=CCCNc1ccc(C(=O)O)c(C(F)(F)F)c1. The monoisotopic (exact) mass is 259 g/mol. The van der Waals surface area contributed by atoms with Crippen molar-refractivity contribution in [2.45, 2.75) is 12.6 Å². The Morgan fingerprint density at radius 2 is 2.11 bits per heavy atom. The van der Waals surface area contributed by atoms with Crippen LogP contribution in [0.3, 0.4) is 0 Å². The number of hydrogen-bond acceptors (Lipinski definition) is 2. The van der Waals surface area contributed by atoms with Gasteiger partial charge in [0.25, 0.3) is 0 Å². The molecule has 0 atom stereocenters. The lowest BCUT2D eigenvalue weighted by molar-refractivity contribution is -0.138. The molecule has 6 heteroatoms. The minimum Gasteiger partial charge on any atom is -0.478 e. The first-order valence-corrected chi connectivity index (χ1v) is 5.15. The summed E-state index contributed by atoms with van der Waals surface area (Å²) in [4.78, 5) is 10.7. The van der Waals surface area contributed by atoms with Gasteiger partial charge < -0.3 is 10.4 Å². The second-order valence-corrected chi connectivity index (χ2v) is 3.57. The Morgan fingerprint density at radius 1 is 1.44 bits per heavy atom. The van der Waals surface area contributed by atoms with E-state index in [2.05, 4.69) is 11.9 Å². The van der Waals surface area contributed by atoms with Crippen molar-refractivity contribution in [3.63, 3.8) is 0 Å². The number of carbonyl (C=O) groups is 1. The molecule has 0 spiro atoms. The Morgan fingerprint density at radius 3 is 2.61 bits per heavy atom. The molecule has 98 valence electrons. The lowest BCUT2D eigenvalue weighted by Crippen LogP contribution is -2.13. The largest absolute Gasteiger partial charge is 0.478 e. The van der Waals surface area contributed by atoms with Gasteiger partial charge in [-0.25, -0.2) is 4.79 Å². The Bertz CT molecular complexity index is 455. The predicted octanol–water partition coefficient (Wildman–Crippen LogP) is 3.39. The maximum absolute atomic E-state index is 12.7. The van der Waals surface area contributed by atoms with E-state index in [0.29, 0.717) is 13.0 Å². The molecule has 0 saturated heterocycles. The molecular formula is C12H12F3NO2. The topological polar surface area (TPSA) is 49.3 Å². The maximum atomic E-state index is 12.7. The van der Waals surface area contributed by atoms with Crippen LogP contribution in [0.15, 0.2) is 30.9 Å². The van der Waals surface area contributed by atoms with Crippen LogP contribution >= 0.6 is 0 Å². The molecule has 1 aromatic carbocycles. The molecule has 0 saturated carbocycles. The summed E-state index contributed by atoms with van der Waals surface area (Å²) < 4.78 is 38.0. The van der Waals surface area contributed by atoms with Crippen LogP contribution in [0.4, 0.5) is 18.9 Å². The highest BCUT2D eigenvalue weighted by molar-refractivity contribution is 5.90. The van der Waals surface area contributed by atoms with Gasteiger partial charge >= 0.3 is 12.1 Å². The van der Waals surface area contributed by atoms with Gasteiger partial charge in [0.05, 0.1) is 11.1 Å². The summed E-state index contributed by atoms with van der Waals surface area (Å²) in [6.07, 6.45) is -2.46. The van der Waals surface area contributed by atoms with Gasteiger partial charge in [0.15, 0.2) is 0 Å². The lowest BCUT2D eigenvalue weighted by Gasteiger charge is -2.13. The number of benzene rings is 1. The van der Waals surface area contributed by atoms with Crippen molar-refractivity contribution in [1.29, 1.82) is 0 Å². The summed E-state index contributed by atoms with van der Waals surface area (Å²) >= 11 is 0. The molecule has 0 aromatic heterocycles. The van der Waals surface area contributed by atoms with Gasteiger partial charge in [-0.05, 0) is 24.6 Å². The number of anilines is 1. The molecule has 0 bridgehead atoms. The zero-order valence-electron chi connectivity index (χ0n) is 9.42. The van der Waals surface area contributed by atoms with Gasteiger partial charge in [-0.3, -0.25) is 0 Å². The summed E-state index contributed by atoms with van der Waals surface area (Å²) in [7, 11) is 0. The molecule has 0 aliphatic heterocycles. The van der Waals surface area contributed by atoms with E-state index in [0.717, 1.165) is 12.1 Å². The van der Waals surface area contributed by atoms with E-state index in [1.807, 2.05) is 0 Å². The molecule has 0 unspecified atom stereocenters. The summed E-state index contributed by atoms with van der Waals surface area (Å²) in [5.41, 5.74) is -1.68. The van der Waals surface area contributed by atoms with E-state index in [1.54, 1.807) is 6.08 Å². The van der Waals surface area contributed by atoms with E-state index in [9.17, 15) is 18.0 Å². The average Bonchev–Trinajstić information content (AvgIpc) is 2.28. The van der Waals surface area contributed by atoms with Crippen LogP contribution in [0, 0.1) is 0 Å². The van der Waals surface area contributed by atoms with Crippen LogP contribution in [0.1, 0.15) is 22.3 Å². The van der Waals surface area contributed by atoms with Gasteiger partial charge in [-0.15, -0.1) is 6.58 Å². The molecule has 0 aliphatic rings. The summed E-state index contributed by atoms with van der Waals surface area (Å²) in [5.74, 6) is -1.60. The number of halogens is 3. The molecule has 18 heavy (non-hydrogen) atoms. The molecule has 1 aromatic rings. The van der Waals surface area contributed by atoms with Crippen LogP contribution in [-0.2, 0) is 6.18 Å². The third-order valence-electron chi connectivity index (χ3n) is 2.23. The zero-order chi connectivity index (χ0) is 13.8. The van der Waals surface area contributed by atoms with Crippen molar-refractivity contribution in [3.05, 3.63) is 42.0 Å². The Hall–Kier alpha value is -1.98. The number of rotatable bonds is 5. The van der Waals surface area contributed by atoms with Crippen LogP contribution in [0.25, 0.3) is 0 Å². The van der Waals surface area contributed by atoms with Gasteiger partial charge in [-0.2, -0.15) is 13.2 Å². The third kappa shape index (κ3) is 3.51. The Labute approximate surface area is 102 Å². The second-order valence-electron chi connectivity index (χ2n) is 3.57. The van der Waals surface area contributed by atoms with Gasteiger partial charge in [0.2, 0.25) is 0 Å². The van der Waals surface area contributed by atoms with Gasteiger partial charge in [0.1, 0.15) is 0 Å². The number of carboxylic acid groups (broad SMARTS) is 1. The quantitative estimate of drug-likeness (QED) is 0.629. The minimum atomic E-state index is -4.69. The molecule has 0 radical (unpaired) electrons. The molecule has 0 amide bonds. The fraction of sp³-hybridized carbons (Fsp3) is 0.250. The highest BCUT2D eigenvalue weighted by Gasteiger charge is 2.35. The first kappa shape index (κ1) is 14.1. The summed E-state index contributed by atoms with van der Waals surface area (Å²) in [6.45, 7) is 3.93. The normalized spacial score (nSPS) is 11.1. The average molecular weight is 259 g/mol. The maximum Gasteiger partial charge on any atom is 0.417 e. The van der Waals surface area contributed by atoms with Crippen molar-refractivity contribution >= 4 is 11.7 Å². The lowest BCUT2D eigenvalue weighted by atomic mass is 10.1. The number of carboxylic acids is 1. The first-order valence-electron chi connectivity index (χ1n) is 5.15. The molecule has 0 fully saturated rings. The molecule has 0 aliphatic carbocycles. The van der Waals surface area contributed by atoms with Crippen LogP contribution in [0.2, 0.25) is 0 Å². The molecule has 2 N–H and O–H groups in total.